The number of allylic oxidation sites excluding steroid dienone is 3. The third-order valence-electron chi connectivity index (χ3n) is 5.30. The Labute approximate surface area is 179 Å². The zero-order chi connectivity index (χ0) is 20.6. The molecule has 0 aliphatic carbocycles. The number of hydrogen-bond donors (Lipinski definition) is 0. The number of rotatable bonds is 6. The molecule has 146 valence electrons. The van der Waals surface area contributed by atoms with Crippen molar-refractivity contribution in [2.45, 2.75) is 13.3 Å². The van der Waals surface area contributed by atoms with Crippen LogP contribution in [0.15, 0.2) is 121 Å². The molecule has 0 saturated heterocycles. The molecule has 4 aromatic rings. The second kappa shape index (κ2) is 9.71. The summed E-state index contributed by atoms with van der Waals surface area (Å²) in [4.78, 5) is 0. The lowest BCUT2D eigenvalue weighted by Gasteiger charge is -2.20. The molecule has 0 aromatic heterocycles. The fourth-order valence-electron chi connectivity index (χ4n) is 3.90. The van der Waals surface area contributed by atoms with Crippen molar-refractivity contribution in [2.24, 2.45) is 0 Å². The summed E-state index contributed by atoms with van der Waals surface area (Å²) in [5.74, 6) is 0. The molecule has 0 aliphatic rings. The van der Waals surface area contributed by atoms with Gasteiger partial charge in [-0.2, -0.15) is 0 Å². The zero-order valence-corrected chi connectivity index (χ0v) is 17.3. The Morgan fingerprint density at radius 2 is 0.967 bits per heavy atom. The van der Waals surface area contributed by atoms with E-state index in [9.17, 15) is 0 Å². The van der Waals surface area contributed by atoms with E-state index in [-0.39, 0.29) is 0 Å². The Bertz CT molecular complexity index is 1120. The molecule has 0 radical (unpaired) electrons. The van der Waals surface area contributed by atoms with E-state index in [1.807, 2.05) is 0 Å². The maximum atomic E-state index is 2.32. The van der Waals surface area contributed by atoms with E-state index in [0.717, 1.165) is 6.42 Å². The quantitative estimate of drug-likeness (QED) is 0.231. The van der Waals surface area contributed by atoms with Crippen LogP contribution in [0, 0.1) is 0 Å². The molecule has 30 heavy (non-hydrogen) atoms. The minimum absolute atomic E-state index is 0.952. The van der Waals surface area contributed by atoms with E-state index < -0.39 is 0 Å². The first-order valence-corrected chi connectivity index (χ1v) is 10.5. The van der Waals surface area contributed by atoms with Gasteiger partial charge in [0, 0.05) is 0 Å². The van der Waals surface area contributed by atoms with Crippen LogP contribution in [0.4, 0.5) is 0 Å². The van der Waals surface area contributed by atoms with Crippen LogP contribution in [-0.4, -0.2) is 0 Å². The van der Waals surface area contributed by atoms with E-state index in [1.54, 1.807) is 0 Å². The van der Waals surface area contributed by atoms with Crippen molar-refractivity contribution in [2.75, 3.05) is 0 Å². The molecule has 0 aliphatic heterocycles. The minimum atomic E-state index is 0.952. The van der Waals surface area contributed by atoms with Gasteiger partial charge in [-0.25, -0.2) is 0 Å². The van der Waals surface area contributed by atoms with Gasteiger partial charge in [0.15, 0.2) is 0 Å². The van der Waals surface area contributed by atoms with Crippen LogP contribution in [-0.2, 0) is 0 Å². The monoisotopic (exact) mass is 386 g/mol. The molecule has 0 saturated carbocycles. The van der Waals surface area contributed by atoms with Crippen molar-refractivity contribution in [1.29, 1.82) is 0 Å². The summed E-state index contributed by atoms with van der Waals surface area (Å²) >= 11 is 0. The van der Waals surface area contributed by atoms with E-state index in [4.69, 9.17) is 0 Å². The Kier molecular flexibility index (Phi) is 6.37. The van der Waals surface area contributed by atoms with Crippen molar-refractivity contribution in [3.63, 3.8) is 0 Å². The highest BCUT2D eigenvalue weighted by Gasteiger charge is 2.16. The Balaban J connectivity index is 2.04. The Morgan fingerprint density at radius 1 is 0.533 bits per heavy atom. The molecular weight excluding hydrogens is 360 g/mol. The van der Waals surface area contributed by atoms with Crippen molar-refractivity contribution in [3.05, 3.63) is 144 Å². The fraction of sp³-hybridized carbons (Fsp3) is 0.0667. The molecule has 4 rings (SSSR count). The van der Waals surface area contributed by atoms with Crippen LogP contribution in [0.2, 0.25) is 0 Å². The van der Waals surface area contributed by atoms with Gasteiger partial charge in [0.25, 0.3) is 0 Å². The summed E-state index contributed by atoms with van der Waals surface area (Å²) in [7, 11) is 0. The average molecular weight is 387 g/mol. The van der Waals surface area contributed by atoms with Gasteiger partial charge >= 0.3 is 0 Å². The Hall–Kier alpha value is -3.64. The molecule has 0 heterocycles. The molecule has 0 atom stereocenters. The first-order valence-electron chi connectivity index (χ1n) is 10.5. The topological polar surface area (TPSA) is 0 Å². The van der Waals surface area contributed by atoms with Crippen molar-refractivity contribution in [1.82, 2.24) is 0 Å². The summed E-state index contributed by atoms with van der Waals surface area (Å²) in [5.41, 5.74) is 8.83. The number of hydrogen-bond acceptors (Lipinski definition) is 0. The van der Waals surface area contributed by atoms with Gasteiger partial charge in [0.1, 0.15) is 0 Å². The first kappa shape index (κ1) is 19.7. The standard InChI is InChI=1S/C30H26/c1-2-28(25-17-9-4-10-18-25)30(27-21-13-6-14-22-27)29(26-19-11-5-12-20-26)23-24-15-7-3-8-16-24/h3-23H,2H2,1H3. The van der Waals surface area contributed by atoms with E-state index >= 15 is 0 Å². The van der Waals surface area contributed by atoms with Crippen LogP contribution in [0.5, 0.6) is 0 Å². The van der Waals surface area contributed by atoms with Crippen LogP contribution in [0.25, 0.3) is 22.8 Å². The lowest BCUT2D eigenvalue weighted by Crippen LogP contribution is -1.97. The van der Waals surface area contributed by atoms with E-state index in [1.165, 1.54) is 39.0 Å². The average Bonchev–Trinajstić information content (AvgIpc) is 2.83. The molecular formula is C30H26. The van der Waals surface area contributed by atoms with Crippen molar-refractivity contribution >= 4 is 22.8 Å². The molecule has 0 spiro atoms. The number of benzene rings is 4. The van der Waals surface area contributed by atoms with E-state index in [2.05, 4.69) is 134 Å². The van der Waals surface area contributed by atoms with Crippen LogP contribution in [0.3, 0.4) is 0 Å². The third-order valence-corrected chi connectivity index (χ3v) is 5.30. The molecule has 4 aromatic carbocycles. The largest absolute Gasteiger partial charge is 0.0622 e. The second-order valence-corrected chi connectivity index (χ2v) is 7.27. The second-order valence-electron chi connectivity index (χ2n) is 7.27. The van der Waals surface area contributed by atoms with E-state index in [0.29, 0.717) is 0 Å². The lowest BCUT2D eigenvalue weighted by molar-refractivity contribution is 1.24. The molecule has 0 N–H and O–H groups in total. The summed E-state index contributed by atoms with van der Waals surface area (Å²) < 4.78 is 0. The highest BCUT2D eigenvalue weighted by Crippen LogP contribution is 2.40. The molecule has 0 unspecified atom stereocenters. The highest BCUT2D eigenvalue weighted by molar-refractivity contribution is 6.18. The SMILES string of the molecule is CCC(=C(C(=Cc1ccccc1)c1ccccc1)c1ccccc1)c1ccccc1. The lowest BCUT2D eigenvalue weighted by atomic mass is 9.84. The maximum Gasteiger partial charge on any atom is -0.00672 e. The molecule has 0 nitrogen and oxygen atoms in total. The van der Waals surface area contributed by atoms with Crippen molar-refractivity contribution < 1.29 is 0 Å². The predicted octanol–water partition coefficient (Wildman–Crippen LogP) is 8.25. The minimum Gasteiger partial charge on any atom is -0.0622 e. The van der Waals surface area contributed by atoms with Crippen molar-refractivity contribution in [3.8, 4) is 0 Å². The van der Waals surface area contributed by atoms with Crippen LogP contribution in [0.1, 0.15) is 35.6 Å². The Morgan fingerprint density at radius 3 is 1.47 bits per heavy atom. The van der Waals surface area contributed by atoms with Gasteiger partial charge in [-0.1, -0.05) is 128 Å². The predicted molar refractivity (Wildman–Crippen MR) is 131 cm³/mol. The summed E-state index contributed by atoms with van der Waals surface area (Å²) in [5, 5.41) is 0. The summed E-state index contributed by atoms with van der Waals surface area (Å²) in [6.07, 6.45) is 3.27. The molecule has 0 bridgehead atoms. The fourth-order valence-corrected chi connectivity index (χ4v) is 3.90. The summed E-state index contributed by atoms with van der Waals surface area (Å²) in [6, 6.07) is 42.8. The van der Waals surface area contributed by atoms with Gasteiger partial charge in [-0.15, -0.1) is 0 Å². The molecule has 0 fully saturated rings. The maximum absolute atomic E-state index is 2.32. The van der Waals surface area contributed by atoms with Gasteiger partial charge in [-0.05, 0) is 51.5 Å². The third kappa shape index (κ3) is 4.50. The smallest absolute Gasteiger partial charge is 0.00672 e. The normalized spacial score (nSPS) is 12.4. The van der Waals surface area contributed by atoms with Crippen LogP contribution >= 0.6 is 0 Å². The van der Waals surface area contributed by atoms with Gasteiger partial charge in [0.05, 0.1) is 0 Å². The van der Waals surface area contributed by atoms with Crippen LogP contribution < -0.4 is 0 Å². The zero-order valence-electron chi connectivity index (χ0n) is 17.3. The highest BCUT2D eigenvalue weighted by atomic mass is 14.2. The van der Waals surface area contributed by atoms with Gasteiger partial charge < -0.3 is 0 Å². The first-order chi connectivity index (χ1) is 14.9. The summed E-state index contributed by atoms with van der Waals surface area (Å²) in [6.45, 7) is 2.25. The van der Waals surface area contributed by atoms with Gasteiger partial charge in [-0.3, -0.25) is 0 Å². The molecule has 0 heteroatoms. The van der Waals surface area contributed by atoms with Gasteiger partial charge in [0.2, 0.25) is 0 Å². The molecule has 0 amide bonds.